The Hall–Kier alpha value is -3.21. The molecule has 5 nitrogen and oxygen atoms in total. The summed E-state index contributed by atoms with van der Waals surface area (Å²) < 4.78 is 6.09. The number of ether oxygens (including phenoxy) is 1. The van der Waals surface area contributed by atoms with E-state index in [1.54, 1.807) is 12.1 Å². The van der Waals surface area contributed by atoms with Crippen molar-refractivity contribution >= 4 is 5.69 Å². The number of aromatic nitrogens is 1. The predicted octanol–water partition coefficient (Wildman–Crippen LogP) is 5.94. The Morgan fingerprint density at radius 1 is 1.00 bits per heavy atom. The lowest BCUT2D eigenvalue weighted by molar-refractivity contribution is -0.384. The Bertz CT molecular complexity index is 988. The van der Waals surface area contributed by atoms with Crippen LogP contribution in [-0.4, -0.2) is 9.91 Å². The van der Waals surface area contributed by atoms with Crippen molar-refractivity contribution in [1.82, 2.24) is 4.98 Å². The number of nitrogens with zero attached hydrogens (tertiary/aromatic N) is 2. The van der Waals surface area contributed by atoms with Crippen molar-refractivity contribution in [2.45, 2.75) is 32.6 Å². The van der Waals surface area contributed by atoms with Gasteiger partial charge < -0.3 is 4.74 Å². The SMILES string of the molecule is Cc1cc(-c2cc([N+](=O)[O-])ccc2Oc2ccc(C3CC3)cc2)cc(C)n1. The van der Waals surface area contributed by atoms with E-state index in [4.69, 9.17) is 4.74 Å². The molecule has 1 aliphatic carbocycles. The molecule has 1 saturated carbocycles. The van der Waals surface area contributed by atoms with E-state index in [-0.39, 0.29) is 5.69 Å². The average molecular weight is 360 g/mol. The van der Waals surface area contributed by atoms with Gasteiger partial charge in [-0.15, -0.1) is 0 Å². The smallest absolute Gasteiger partial charge is 0.270 e. The van der Waals surface area contributed by atoms with Crippen molar-refractivity contribution in [3.05, 3.63) is 81.7 Å². The van der Waals surface area contributed by atoms with Gasteiger partial charge in [0.2, 0.25) is 0 Å². The van der Waals surface area contributed by atoms with Crippen LogP contribution in [0, 0.1) is 24.0 Å². The van der Waals surface area contributed by atoms with Crippen LogP contribution in [0.2, 0.25) is 0 Å². The minimum Gasteiger partial charge on any atom is -0.457 e. The highest BCUT2D eigenvalue weighted by Gasteiger charge is 2.23. The summed E-state index contributed by atoms with van der Waals surface area (Å²) in [6, 6.07) is 16.6. The topological polar surface area (TPSA) is 65.3 Å². The van der Waals surface area contributed by atoms with Crippen molar-refractivity contribution in [2.75, 3.05) is 0 Å². The van der Waals surface area contributed by atoms with Gasteiger partial charge in [-0.3, -0.25) is 15.1 Å². The van der Waals surface area contributed by atoms with Crippen LogP contribution >= 0.6 is 0 Å². The standard InChI is InChI=1S/C22H20N2O3/c1-14-11-18(12-15(2)23-14)21-13-19(24(25)26)7-10-22(21)27-20-8-5-17(6-9-20)16-3-4-16/h5-13,16H,3-4H2,1-2H3. The van der Waals surface area contributed by atoms with E-state index >= 15 is 0 Å². The number of hydrogen-bond acceptors (Lipinski definition) is 4. The fourth-order valence-corrected chi connectivity index (χ4v) is 3.29. The second kappa shape index (κ2) is 6.83. The number of benzene rings is 2. The van der Waals surface area contributed by atoms with Crippen molar-refractivity contribution in [1.29, 1.82) is 0 Å². The molecule has 0 spiro atoms. The highest BCUT2D eigenvalue weighted by molar-refractivity contribution is 5.74. The van der Waals surface area contributed by atoms with Crippen molar-refractivity contribution < 1.29 is 9.66 Å². The number of aryl methyl sites for hydroxylation is 2. The number of nitro groups is 1. The Morgan fingerprint density at radius 2 is 1.67 bits per heavy atom. The highest BCUT2D eigenvalue weighted by Crippen LogP contribution is 2.41. The fraction of sp³-hybridized carbons (Fsp3) is 0.227. The van der Waals surface area contributed by atoms with E-state index in [9.17, 15) is 10.1 Å². The van der Waals surface area contributed by atoms with Crippen LogP contribution in [0.1, 0.15) is 35.7 Å². The molecule has 0 saturated heterocycles. The summed E-state index contributed by atoms with van der Waals surface area (Å²) in [6.45, 7) is 3.82. The molecule has 0 radical (unpaired) electrons. The molecule has 0 unspecified atom stereocenters. The summed E-state index contributed by atoms with van der Waals surface area (Å²) in [5, 5.41) is 11.2. The molecule has 0 atom stereocenters. The maximum atomic E-state index is 11.2. The monoisotopic (exact) mass is 360 g/mol. The summed E-state index contributed by atoms with van der Waals surface area (Å²) in [6.07, 6.45) is 2.51. The molecular formula is C22H20N2O3. The molecule has 2 aromatic carbocycles. The van der Waals surface area contributed by atoms with E-state index in [2.05, 4.69) is 17.1 Å². The second-order valence-electron chi connectivity index (χ2n) is 7.02. The lowest BCUT2D eigenvalue weighted by atomic mass is 10.0. The molecule has 4 rings (SSSR count). The molecule has 5 heteroatoms. The number of nitro benzene ring substituents is 1. The summed E-state index contributed by atoms with van der Waals surface area (Å²) in [7, 11) is 0. The van der Waals surface area contributed by atoms with Crippen LogP contribution < -0.4 is 4.74 Å². The van der Waals surface area contributed by atoms with Gasteiger partial charge in [-0.1, -0.05) is 12.1 Å². The average Bonchev–Trinajstić information content (AvgIpc) is 3.47. The first kappa shape index (κ1) is 17.2. The molecule has 1 aliphatic rings. The first-order valence-electron chi connectivity index (χ1n) is 9.01. The molecule has 136 valence electrons. The Labute approximate surface area is 157 Å². The van der Waals surface area contributed by atoms with Gasteiger partial charge in [-0.2, -0.15) is 0 Å². The molecule has 27 heavy (non-hydrogen) atoms. The summed E-state index contributed by atoms with van der Waals surface area (Å²) in [4.78, 5) is 15.2. The van der Waals surface area contributed by atoms with Gasteiger partial charge in [-0.05, 0) is 74.1 Å². The third-order valence-corrected chi connectivity index (χ3v) is 4.72. The number of non-ortho nitro benzene ring substituents is 1. The minimum absolute atomic E-state index is 0.0357. The molecule has 1 heterocycles. The highest BCUT2D eigenvalue weighted by atomic mass is 16.6. The van der Waals surface area contributed by atoms with Crippen LogP contribution in [0.25, 0.3) is 11.1 Å². The number of pyridine rings is 1. The second-order valence-corrected chi connectivity index (χ2v) is 7.02. The van der Waals surface area contributed by atoms with Gasteiger partial charge in [0.1, 0.15) is 11.5 Å². The largest absolute Gasteiger partial charge is 0.457 e. The Balaban J connectivity index is 1.73. The van der Waals surface area contributed by atoms with Crippen molar-refractivity contribution in [3.8, 4) is 22.6 Å². The third-order valence-electron chi connectivity index (χ3n) is 4.72. The van der Waals surface area contributed by atoms with Gasteiger partial charge in [-0.25, -0.2) is 0 Å². The molecule has 0 bridgehead atoms. The van der Waals surface area contributed by atoms with Crippen molar-refractivity contribution in [2.24, 2.45) is 0 Å². The number of rotatable bonds is 5. The summed E-state index contributed by atoms with van der Waals surface area (Å²) in [5.74, 6) is 2.00. The minimum atomic E-state index is -0.390. The predicted molar refractivity (Wildman–Crippen MR) is 104 cm³/mol. The van der Waals surface area contributed by atoms with Crippen LogP contribution in [0.3, 0.4) is 0 Å². The summed E-state index contributed by atoms with van der Waals surface area (Å²) in [5.41, 5.74) is 4.63. The van der Waals surface area contributed by atoms with Crippen molar-refractivity contribution in [3.63, 3.8) is 0 Å². The maximum Gasteiger partial charge on any atom is 0.270 e. The van der Waals surface area contributed by atoms with Gasteiger partial charge in [0.25, 0.3) is 5.69 Å². The lowest BCUT2D eigenvalue weighted by Gasteiger charge is -2.13. The number of hydrogen-bond donors (Lipinski definition) is 0. The van der Waals surface area contributed by atoms with Gasteiger partial charge in [0.05, 0.1) is 4.92 Å². The zero-order chi connectivity index (χ0) is 19.0. The molecule has 1 fully saturated rings. The molecule has 0 aliphatic heterocycles. The van der Waals surface area contributed by atoms with Crippen LogP contribution in [0.15, 0.2) is 54.6 Å². The molecule has 0 N–H and O–H groups in total. The van der Waals surface area contributed by atoms with Crippen LogP contribution in [0.5, 0.6) is 11.5 Å². The molecular weight excluding hydrogens is 340 g/mol. The quantitative estimate of drug-likeness (QED) is 0.417. The molecule has 3 aromatic rings. The third kappa shape index (κ3) is 3.82. The molecule has 1 aromatic heterocycles. The van der Waals surface area contributed by atoms with E-state index in [0.717, 1.165) is 22.7 Å². The van der Waals surface area contributed by atoms with E-state index in [1.807, 2.05) is 38.1 Å². The van der Waals surface area contributed by atoms with Crippen LogP contribution in [-0.2, 0) is 0 Å². The first-order valence-corrected chi connectivity index (χ1v) is 9.01. The summed E-state index contributed by atoms with van der Waals surface area (Å²) >= 11 is 0. The zero-order valence-corrected chi connectivity index (χ0v) is 15.3. The maximum absolute atomic E-state index is 11.2. The van der Waals surface area contributed by atoms with E-state index in [1.165, 1.54) is 24.5 Å². The van der Waals surface area contributed by atoms with Gasteiger partial charge in [0, 0.05) is 29.1 Å². The van der Waals surface area contributed by atoms with E-state index in [0.29, 0.717) is 17.2 Å². The Morgan fingerprint density at radius 3 is 2.26 bits per heavy atom. The van der Waals surface area contributed by atoms with E-state index < -0.39 is 4.92 Å². The van der Waals surface area contributed by atoms with Gasteiger partial charge >= 0.3 is 0 Å². The van der Waals surface area contributed by atoms with Gasteiger partial charge in [0.15, 0.2) is 0 Å². The molecule has 0 amide bonds. The normalized spacial score (nSPS) is 13.4. The van der Waals surface area contributed by atoms with Crippen LogP contribution in [0.4, 0.5) is 5.69 Å². The first-order chi connectivity index (χ1) is 13.0. The fourth-order valence-electron chi connectivity index (χ4n) is 3.29. The zero-order valence-electron chi connectivity index (χ0n) is 15.3. The lowest BCUT2D eigenvalue weighted by Crippen LogP contribution is -1.94. The Kier molecular flexibility index (Phi) is 4.36.